The summed E-state index contributed by atoms with van der Waals surface area (Å²) in [5, 5.41) is 2.10. The standard InChI is InChI=1S/C14H15NO3S/c1-10-13(8-9-18-10)19(17)11(2)14(16)15-12-6-4-3-5-7-12/h3-9,11H,1-2H3,(H,15,16)/t11-,19+/m1/s1. The van der Waals surface area contributed by atoms with Crippen LogP contribution in [-0.4, -0.2) is 15.4 Å². The predicted octanol–water partition coefficient (Wildman–Crippen LogP) is 2.72. The van der Waals surface area contributed by atoms with Crippen LogP contribution in [-0.2, 0) is 15.6 Å². The molecule has 0 bridgehead atoms. The lowest BCUT2D eigenvalue weighted by atomic mass is 10.3. The van der Waals surface area contributed by atoms with Gasteiger partial charge in [0.15, 0.2) is 0 Å². The molecule has 2 rings (SSSR count). The van der Waals surface area contributed by atoms with Crippen molar-refractivity contribution in [3.63, 3.8) is 0 Å². The third kappa shape index (κ3) is 3.12. The van der Waals surface area contributed by atoms with E-state index in [2.05, 4.69) is 5.32 Å². The fourth-order valence-corrected chi connectivity index (χ4v) is 2.79. The van der Waals surface area contributed by atoms with Crippen molar-refractivity contribution < 1.29 is 13.4 Å². The van der Waals surface area contributed by atoms with Gasteiger partial charge >= 0.3 is 0 Å². The first kappa shape index (κ1) is 13.5. The van der Waals surface area contributed by atoms with Gasteiger partial charge in [0.2, 0.25) is 5.91 Å². The van der Waals surface area contributed by atoms with E-state index in [-0.39, 0.29) is 5.91 Å². The normalized spacial score (nSPS) is 13.8. The van der Waals surface area contributed by atoms with Gasteiger partial charge in [-0.05, 0) is 32.0 Å². The molecule has 1 heterocycles. The van der Waals surface area contributed by atoms with Crippen LogP contribution in [0.2, 0.25) is 0 Å². The summed E-state index contributed by atoms with van der Waals surface area (Å²) in [7, 11) is -1.42. The van der Waals surface area contributed by atoms with Gasteiger partial charge in [0.1, 0.15) is 11.0 Å². The highest BCUT2D eigenvalue weighted by Gasteiger charge is 2.23. The maximum absolute atomic E-state index is 12.2. The molecule has 2 aromatic rings. The monoisotopic (exact) mass is 277 g/mol. The molecule has 0 saturated carbocycles. The van der Waals surface area contributed by atoms with Crippen molar-refractivity contribution in [3.05, 3.63) is 48.4 Å². The number of furan rings is 1. The number of hydrogen-bond donors (Lipinski definition) is 1. The van der Waals surface area contributed by atoms with E-state index < -0.39 is 16.0 Å². The number of anilines is 1. The lowest BCUT2D eigenvalue weighted by Gasteiger charge is -2.11. The van der Waals surface area contributed by atoms with Gasteiger partial charge in [-0.3, -0.25) is 9.00 Å². The molecular weight excluding hydrogens is 262 g/mol. The second-order valence-electron chi connectivity index (χ2n) is 4.14. The van der Waals surface area contributed by atoms with Crippen molar-refractivity contribution in [1.29, 1.82) is 0 Å². The molecule has 2 atom stereocenters. The molecule has 0 spiro atoms. The molecule has 0 radical (unpaired) electrons. The van der Waals surface area contributed by atoms with Crippen molar-refractivity contribution in [2.75, 3.05) is 5.32 Å². The average molecular weight is 277 g/mol. The van der Waals surface area contributed by atoms with Crippen molar-refractivity contribution >= 4 is 22.4 Å². The van der Waals surface area contributed by atoms with Crippen molar-refractivity contribution in [1.82, 2.24) is 0 Å². The van der Waals surface area contributed by atoms with Crippen molar-refractivity contribution in [3.8, 4) is 0 Å². The quantitative estimate of drug-likeness (QED) is 0.934. The second kappa shape index (κ2) is 5.84. The van der Waals surface area contributed by atoms with E-state index >= 15 is 0 Å². The summed E-state index contributed by atoms with van der Waals surface area (Å²) in [6.07, 6.45) is 1.48. The first-order chi connectivity index (χ1) is 9.09. The Bertz CT molecular complexity index is 592. The Hall–Kier alpha value is -1.88. The number of carbonyl (C=O) groups excluding carboxylic acids is 1. The number of benzene rings is 1. The van der Waals surface area contributed by atoms with E-state index in [1.54, 1.807) is 32.0 Å². The number of hydrogen-bond acceptors (Lipinski definition) is 3. The molecule has 100 valence electrons. The second-order valence-corrected chi connectivity index (χ2v) is 5.88. The minimum absolute atomic E-state index is 0.273. The summed E-state index contributed by atoms with van der Waals surface area (Å²) in [6, 6.07) is 10.7. The van der Waals surface area contributed by atoms with Crippen molar-refractivity contribution in [2.24, 2.45) is 0 Å². The van der Waals surface area contributed by atoms with Crippen LogP contribution in [0.4, 0.5) is 5.69 Å². The molecule has 1 aromatic heterocycles. The van der Waals surface area contributed by atoms with Crippen LogP contribution in [0.5, 0.6) is 0 Å². The van der Waals surface area contributed by atoms with Crippen LogP contribution in [0.3, 0.4) is 0 Å². The molecule has 5 heteroatoms. The van der Waals surface area contributed by atoms with Gasteiger partial charge in [0.25, 0.3) is 0 Å². The Balaban J connectivity index is 2.08. The Morgan fingerprint density at radius 1 is 1.26 bits per heavy atom. The van der Waals surface area contributed by atoms with Gasteiger partial charge < -0.3 is 9.73 Å². The van der Waals surface area contributed by atoms with Crippen LogP contribution in [0.15, 0.2) is 52.0 Å². The van der Waals surface area contributed by atoms with Crippen LogP contribution in [0.25, 0.3) is 0 Å². The molecule has 0 aliphatic carbocycles. The van der Waals surface area contributed by atoms with Gasteiger partial charge in [-0.1, -0.05) is 18.2 Å². The van der Waals surface area contributed by atoms with Crippen LogP contribution in [0.1, 0.15) is 12.7 Å². The first-order valence-electron chi connectivity index (χ1n) is 5.90. The highest BCUT2D eigenvalue weighted by Crippen LogP contribution is 2.18. The number of aryl methyl sites for hydroxylation is 1. The van der Waals surface area contributed by atoms with E-state index in [4.69, 9.17) is 4.42 Å². The van der Waals surface area contributed by atoms with Gasteiger partial charge in [-0.25, -0.2) is 0 Å². The number of amides is 1. The van der Waals surface area contributed by atoms with Gasteiger partial charge in [-0.2, -0.15) is 0 Å². The van der Waals surface area contributed by atoms with Gasteiger partial charge in [-0.15, -0.1) is 0 Å². The lowest BCUT2D eigenvalue weighted by molar-refractivity contribution is -0.115. The minimum Gasteiger partial charge on any atom is -0.468 e. The summed E-state index contributed by atoms with van der Waals surface area (Å²) in [5.74, 6) is 0.308. The molecular formula is C14H15NO3S. The van der Waals surface area contributed by atoms with Crippen LogP contribution >= 0.6 is 0 Å². The molecule has 0 aliphatic rings. The summed E-state index contributed by atoms with van der Waals surface area (Å²) in [5.41, 5.74) is 0.695. The highest BCUT2D eigenvalue weighted by atomic mass is 32.2. The Labute approximate surface area is 114 Å². The molecule has 0 fully saturated rings. The molecule has 0 unspecified atom stereocenters. The van der Waals surface area contributed by atoms with E-state index in [1.165, 1.54) is 6.26 Å². The molecule has 1 N–H and O–H groups in total. The molecule has 0 saturated heterocycles. The molecule has 4 nitrogen and oxygen atoms in total. The average Bonchev–Trinajstić information content (AvgIpc) is 2.84. The SMILES string of the molecule is Cc1occc1[S@@](=O)[C@H](C)C(=O)Nc1ccccc1. The van der Waals surface area contributed by atoms with Crippen LogP contribution < -0.4 is 5.32 Å². The fraction of sp³-hybridized carbons (Fsp3) is 0.214. The smallest absolute Gasteiger partial charge is 0.240 e. The molecule has 1 amide bonds. The third-order valence-electron chi connectivity index (χ3n) is 2.76. The molecule has 19 heavy (non-hydrogen) atoms. The summed E-state index contributed by atoms with van der Waals surface area (Å²) in [4.78, 5) is 12.6. The molecule has 0 aliphatic heterocycles. The summed E-state index contributed by atoms with van der Waals surface area (Å²) < 4.78 is 17.4. The third-order valence-corrected chi connectivity index (χ3v) is 4.47. The van der Waals surface area contributed by atoms with E-state index in [0.29, 0.717) is 16.3 Å². The topological polar surface area (TPSA) is 59.3 Å². The Morgan fingerprint density at radius 3 is 2.53 bits per heavy atom. The first-order valence-corrected chi connectivity index (χ1v) is 7.11. The Kier molecular flexibility index (Phi) is 4.16. The largest absolute Gasteiger partial charge is 0.468 e. The summed E-state index contributed by atoms with van der Waals surface area (Å²) >= 11 is 0. The predicted molar refractivity (Wildman–Crippen MR) is 74.4 cm³/mol. The lowest BCUT2D eigenvalue weighted by Crippen LogP contribution is -2.29. The number of nitrogens with one attached hydrogen (secondary N) is 1. The van der Waals surface area contributed by atoms with Gasteiger partial charge in [0, 0.05) is 5.69 Å². The fourth-order valence-electron chi connectivity index (χ4n) is 1.64. The number of carbonyl (C=O) groups is 1. The Morgan fingerprint density at radius 2 is 1.95 bits per heavy atom. The zero-order chi connectivity index (χ0) is 13.8. The number of para-hydroxylation sites is 1. The van der Waals surface area contributed by atoms with E-state index in [1.807, 2.05) is 18.2 Å². The molecule has 1 aromatic carbocycles. The van der Waals surface area contributed by atoms with Crippen molar-refractivity contribution in [2.45, 2.75) is 24.0 Å². The minimum atomic E-state index is -1.42. The zero-order valence-corrected chi connectivity index (χ0v) is 11.6. The van der Waals surface area contributed by atoms with E-state index in [9.17, 15) is 9.00 Å². The number of rotatable bonds is 4. The zero-order valence-electron chi connectivity index (χ0n) is 10.8. The van der Waals surface area contributed by atoms with E-state index in [0.717, 1.165) is 0 Å². The maximum Gasteiger partial charge on any atom is 0.240 e. The maximum atomic E-state index is 12.2. The van der Waals surface area contributed by atoms with Crippen LogP contribution in [0, 0.1) is 6.92 Å². The summed E-state index contributed by atoms with van der Waals surface area (Å²) in [6.45, 7) is 3.37. The van der Waals surface area contributed by atoms with Gasteiger partial charge in [0.05, 0.1) is 22.0 Å². The highest BCUT2D eigenvalue weighted by molar-refractivity contribution is 7.86.